The van der Waals surface area contributed by atoms with E-state index in [2.05, 4.69) is 5.16 Å². The second kappa shape index (κ2) is 8.53. The highest BCUT2D eigenvalue weighted by molar-refractivity contribution is 5.86. The maximum Gasteiger partial charge on any atom is 0.266 e. The van der Waals surface area contributed by atoms with Crippen LogP contribution in [0.15, 0.2) is 35.5 Å². The molecule has 1 unspecified atom stereocenters. The lowest BCUT2D eigenvalue weighted by Gasteiger charge is -2.37. The predicted octanol–water partition coefficient (Wildman–Crippen LogP) is 0.909. The molecule has 1 aromatic rings. The Bertz CT molecular complexity index is 757. The molecule has 2 saturated heterocycles. The lowest BCUT2D eigenvalue weighted by Crippen LogP contribution is -2.51. The molecule has 3 aliphatic heterocycles. The van der Waals surface area contributed by atoms with E-state index in [0.29, 0.717) is 24.3 Å². The predicted molar refractivity (Wildman–Crippen MR) is 107 cm³/mol. The third kappa shape index (κ3) is 4.39. The van der Waals surface area contributed by atoms with E-state index in [1.54, 1.807) is 19.1 Å². The minimum absolute atomic E-state index is 0.0206. The molecule has 3 aliphatic rings. The van der Waals surface area contributed by atoms with Crippen molar-refractivity contribution in [1.29, 1.82) is 0 Å². The molecule has 4 N–H and O–H groups in total. The van der Waals surface area contributed by atoms with E-state index in [-0.39, 0.29) is 36.9 Å². The van der Waals surface area contributed by atoms with Gasteiger partial charge < -0.3 is 34.7 Å². The van der Waals surface area contributed by atoms with Crippen LogP contribution in [0.4, 0.5) is 0 Å². The number of aliphatic hydroxyl groups excluding tert-OH is 3. The average Bonchev–Trinajstić information content (AvgIpc) is 3.40. The first-order valence-corrected chi connectivity index (χ1v) is 10.6. The minimum atomic E-state index is -1.52. The molecule has 0 bridgehead atoms. The summed E-state index contributed by atoms with van der Waals surface area (Å²) in [6.45, 7) is 3.98. The number of hydrogen-bond acceptors (Lipinski definition) is 8. The fourth-order valence-corrected chi connectivity index (χ4v) is 4.39. The van der Waals surface area contributed by atoms with Crippen molar-refractivity contribution in [2.24, 2.45) is 17.0 Å². The average molecular weight is 421 g/mol. The standard InChI is InChI=1S/C22H31NO7/c1-12(13(2)24)21-18(29-21)8-14-11-28-17(20(26)19(14)25)9-16-10-22(27,30-23-16)15-6-4-3-5-7-15/h3-7,12-14,17-21,24-27H,8-11H2,1-2H3/t12-,13-,14-,17-,18-,19+,20-,21-,22?/m0/s1. The van der Waals surface area contributed by atoms with Crippen LogP contribution >= 0.6 is 0 Å². The molecule has 0 aromatic heterocycles. The first-order valence-electron chi connectivity index (χ1n) is 10.6. The number of rotatable bonds is 7. The second-order valence-electron chi connectivity index (χ2n) is 8.87. The molecular weight excluding hydrogens is 390 g/mol. The van der Waals surface area contributed by atoms with Gasteiger partial charge in [-0.2, -0.15) is 0 Å². The molecule has 3 heterocycles. The van der Waals surface area contributed by atoms with Crippen molar-refractivity contribution in [3.63, 3.8) is 0 Å². The van der Waals surface area contributed by atoms with E-state index in [1.807, 2.05) is 25.1 Å². The summed E-state index contributed by atoms with van der Waals surface area (Å²) in [4.78, 5) is 5.29. The number of oxime groups is 1. The molecule has 0 saturated carbocycles. The molecule has 8 nitrogen and oxygen atoms in total. The molecule has 2 fully saturated rings. The highest BCUT2D eigenvalue weighted by Crippen LogP contribution is 2.39. The normalized spacial score (nSPS) is 40.4. The van der Waals surface area contributed by atoms with Crippen molar-refractivity contribution in [1.82, 2.24) is 0 Å². The van der Waals surface area contributed by atoms with Gasteiger partial charge in [0, 0.05) is 23.8 Å². The summed E-state index contributed by atoms with van der Waals surface area (Å²) in [5.41, 5.74) is 1.19. The van der Waals surface area contributed by atoms with E-state index in [0.717, 1.165) is 0 Å². The van der Waals surface area contributed by atoms with Crippen molar-refractivity contribution in [2.45, 2.75) is 75.5 Å². The molecule has 30 heavy (non-hydrogen) atoms. The zero-order valence-electron chi connectivity index (χ0n) is 17.3. The Morgan fingerprint density at radius 2 is 1.87 bits per heavy atom. The Hall–Kier alpha value is -1.55. The first kappa shape index (κ1) is 21.7. The van der Waals surface area contributed by atoms with Gasteiger partial charge in [-0.3, -0.25) is 0 Å². The number of epoxide rings is 1. The number of aliphatic hydroxyl groups is 4. The van der Waals surface area contributed by atoms with E-state index in [1.165, 1.54) is 0 Å². The number of nitrogens with zero attached hydrogens (tertiary/aromatic N) is 1. The maximum atomic E-state index is 10.7. The smallest absolute Gasteiger partial charge is 0.266 e. The summed E-state index contributed by atoms with van der Waals surface area (Å²) >= 11 is 0. The van der Waals surface area contributed by atoms with Gasteiger partial charge in [0.1, 0.15) is 6.10 Å². The molecule has 0 aliphatic carbocycles. The highest BCUT2D eigenvalue weighted by Gasteiger charge is 2.49. The highest BCUT2D eigenvalue weighted by atomic mass is 16.7. The van der Waals surface area contributed by atoms with Crippen LogP contribution in [0, 0.1) is 11.8 Å². The summed E-state index contributed by atoms with van der Waals surface area (Å²) in [6, 6.07) is 9.02. The van der Waals surface area contributed by atoms with Crippen LogP contribution in [0.5, 0.6) is 0 Å². The van der Waals surface area contributed by atoms with Gasteiger partial charge in [0.15, 0.2) is 0 Å². The van der Waals surface area contributed by atoms with Crippen LogP contribution in [0.3, 0.4) is 0 Å². The van der Waals surface area contributed by atoms with E-state index >= 15 is 0 Å². The number of ether oxygens (including phenoxy) is 2. The third-order valence-electron chi connectivity index (χ3n) is 6.61. The Balaban J connectivity index is 1.29. The van der Waals surface area contributed by atoms with Gasteiger partial charge in [0.05, 0.1) is 49.3 Å². The number of benzene rings is 1. The zero-order chi connectivity index (χ0) is 21.5. The van der Waals surface area contributed by atoms with Gasteiger partial charge in [-0.25, -0.2) is 0 Å². The molecule has 0 radical (unpaired) electrons. The lowest BCUT2D eigenvalue weighted by molar-refractivity contribution is -0.193. The van der Waals surface area contributed by atoms with Crippen molar-refractivity contribution >= 4 is 5.71 Å². The monoisotopic (exact) mass is 421 g/mol. The molecule has 8 heteroatoms. The SMILES string of the molecule is C[C@H]([C@@H]1O[C@H]1C[C@H]1CO[C@@H](CC2=NOC(O)(c3ccccc3)C2)[C@H](O)[C@@H]1O)[C@H](C)O. The Morgan fingerprint density at radius 1 is 1.13 bits per heavy atom. The summed E-state index contributed by atoms with van der Waals surface area (Å²) in [5, 5.41) is 45.6. The van der Waals surface area contributed by atoms with Gasteiger partial charge >= 0.3 is 0 Å². The third-order valence-corrected chi connectivity index (χ3v) is 6.61. The van der Waals surface area contributed by atoms with Crippen molar-refractivity contribution < 1.29 is 34.7 Å². The Labute approximate surface area is 176 Å². The fourth-order valence-electron chi connectivity index (χ4n) is 4.39. The van der Waals surface area contributed by atoms with Crippen LogP contribution in [0.2, 0.25) is 0 Å². The molecule has 0 spiro atoms. The van der Waals surface area contributed by atoms with Crippen LogP contribution in [-0.2, 0) is 20.1 Å². The molecule has 1 aromatic carbocycles. The maximum absolute atomic E-state index is 10.7. The molecule has 166 valence electrons. The Morgan fingerprint density at radius 3 is 2.57 bits per heavy atom. The Kier molecular flexibility index (Phi) is 6.16. The van der Waals surface area contributed by atoms with Gasteiger partial charge in [-0.1, -0.05) is 42.4 Å². The summed E-state index contributed by atoms with van der Waals surface area (Å²) in [7, 11) is 0. The van der Waals surface area contributed by atoms with Gasteiger partial charge in [0.2, 0.25) is 0 Å². The van der Waals surface area contributed by atoms with Gasteiger partial charge in [0.25, 0.3) is 5.79 Å². The molecular formula is C22H31NO7. The minimum Gasteiger partial charge on any atom is -0.393 e. The summed E-state index contributed by atoms with van der Waals surface area (Å²) < 4.78 is 11.5. The van der Waals surface area contributed by atoms with Gasteiger partial charge in [-0.15, -0.1) is 0 Å². The summed E-state index contributed by atoms with van der Waals surface area (Å²) in [5.74, 6) is -1.73. The topological polar surface area (TPSA) is 124 Å². The van der Waals surface area contributed by atoms with Crippen LogP contribution in [0.25, 0.3) is 0 Å². The second-order valence-corrected chi connectivity index (χ2v) is 8.87. The van der Waals surface area contributed by atoms with Gasteiger partial charge in [-0.05, 0) is 13.3 Å². The molecule has 9 atom stereocenters. The van der Waals surface area contributed by atoms with Crippen LogP contribution in [-0.4, -0.2) is 69.4 Å². The molecule has 0 amide bonds. The largest absolute Gasteiger partial charge is 0.393 e. The molecule has 4 rings (SSSR count). The first-order chi connectivity index (χ1) is 14.3. The van der Waals surface area contributed by atoms with E-state index in [9.17, 15) is 20.4 Å². The number of hydrogen-bond donors (Lipinski definition) is 4. The quantitative estimate of drug-likeness (QED) is 0.482. The zero-order valence-corrected chi connectivity index (χ0v) is 17.3. The fraction of sp³-hybridized carbons (Fsp3) is 0.682. The van der Waals surface area contributed by atoms with Crippen molar-refractivity contribution in [2.75, 3.05) is 6.61 Å². The lowest BCUT2D eigenvalue weighted by atomic mass is 9.85. The van der Waals surface area contributed by atoms with E-state index < -0.39 is 30.2 Å². The van der Waals surface area contributed by atoms with E-state index in [4.69, 9.17) is 14.3 Å². The van der Waals surface area contributed by atoms with Crippen LogP contribution in [0.1, 0.15) is 38.7 Å². The van der Waals surface area contributed by atoms with Crippen LogP contribution < -0.4 is 0 Å². The van der Waals surface area contributed by atoms with Crippen molar-refractivity contribution in [3.8, 4) is 0 Å². The van der Waals surface area contributed by atoms with Crippen molar-refractivity contribution in [3.05, 3.63) is 35.9 Å². The summed E-state index contributed by atoms with van der Waals surface area (Å²) in [6.07, 6.45) is -2.11.